The van der Waals surface area contributed by atoms with Crippen LogP contribution in [0.3, 0.4) is 0 Å². The van der Waals surface area contributed by atoms with E-state index in [1.54, 1.807) is 14.2 Å². The maximum atomic E-state index is 10.9. The minimum Gasteiger partial charge on any atom is -0.419 e. The first-order valence-corrected chi connectivity index (χ1v) is 4.04. The van der Waals surface area contributed by atoms with Crippen LogP contribution in [0.2, 0.25) is 0 Å². The molecule has 0 unspecified atom stereocenters. The number of amides is 1. The van der Waals surface area contributed by atoms with Crippen molar-refractivity contribution in [2.75, 3.05) is 20.3 Å². The molecule has 0 rings (SSSR count). The molecule has 0 heterocycles. The molecule has 0 aliphatic heterocycles. The van der Waals surface area contributed by atoms with Crippen molar-refractivity contribution in [3.05, 3.63) is 18.0 Å². The van der Waals surface area contributed by atoms with Gasteiger partial charge in [-0.05, 0) is 0 Å². The Bertz CT molecular complexity index is 166. The Labute approximate surface area is 68.9 Å². The summed E-state index contributed by atoms with van der Waals surface area (Å²) in [6, 6.07) is 0. The summed E-state index contributed by atoms with van der Waals surface area (Å²) in [5.41, 5.74) is 0. The lowest BCUT2D eigenvalue weighted by Gasteiger charge is -2.10. The Morgan fingerprint density at radius 1 is 1.91 bits per heavy atom. The van der Waals surface area contributed by atoms with Gasteiger partial charge in [0.2, 0.25) is 0 Å². The normalized spacial score (nSPS) is 8.82. The first-order chi connectivity index (χ1) is 5.22. The van der Waals surface area contributed by atoms with E-state index >= 15 is 0 Å². The first kappa shape index (κ1) is 10.1. The molecule has 0 N–H and O–H groups in total. The molecule has 3 radical (unpaired) electrons. The number of nitrogens with zero attached hydrogens (tertiary/aromatic N) is 2. The molecule has 0 aromatic carbocycles. The second kappa shape index (κ2) is 5.89. The van der Waals surface area contributed by atoms with Gasteiger partial charge in [0.25, 0.3) is 9.76 Å². The van der Waals surface area contributed by atoms with E-state index in [-0.39, 0.29) is 15.7 Å². The van der Waals surface area contributed by atoms with Crippen molar-refractivity contribution in [1.82, 2.24) is 4.90 Å². The second-order valence-corrected chi connectivity index (χ2v) is 2.81. The second-order valence-electron chi connectivity index (χ2n) is 1.80. The van der Waals surface area contributed by atoms with Crippen molar-refractivity contribution in [2.24, 2.45) is 0 Å². The topological polar surface area (TPSA) is 33.9 Å². The SMILES string of the molecule is [C-]#[N+][CH]C(=O)N(C)C[Si]OC. The van der Waals surface area contributed by atoms with E-state index in [0.29, 0.717) is 6.17 Å². The van der Waals surface area contributed by atoms with Crippen molar-refractivity contribution in [1.29, 1.82) is 0 Å². The molecule has 0 aromatic heterocycles. The number of hydrogen-bond donors (Lipinski definition) is 0. The maximum Gasteiger partial charge on any atom is 0.382 e. The third-order valence-corrected chi connectivity index (χ3v) is 1.89. The Hall–Kier alpha value is -0.863. The van der Waals surface area contributed by atoms with Crippen LogP contribution in [0.25, 0.3) is 4.85 Å². The highest BCUT2D eigenvalue weighted by atomic mass is 28.2. The van der Waals surface area contributed by atoms with Crippen LogP contribution in [0.15, 0.2) is 0 Å². The van der Waals surface area contributed by atoms with E-state index in [9.17, 15) is 4.79 Å². The zero-order chi connectivity index (χ0) is 8.69. The molecule has 0 fully saturated rings. The smallest absolute Gasteiger partial charge is 0.382 e. The average Bonchev–Trinajstić information content (AvgIpc) is 2.00. The van der Waals surface area contributed by atoms with Gasteiger partial charge in [0.1, 0.15) is 0 Å². The third kappa shape index (κ3) is 4.53. The fourth-order valence-electron chi connectivity index (χ4n) is 0.393. The Kier molecular flexibility index (Phi) is 5.43. The number of likely N-dealkylation sites (N-methyl/N-ethyl adjacent to an activating group) is 1. The van der Waals surface area contributed by atoms with Crippen molar-refractivity contribution in [3.63, 3.8) is 0 Å². The van der Waals surface area contributed by atoms with Crippen molar-refractivity contribution in [2.45, 2.75) is 0 Å². The zero-order valence-corrected chi connectivity index (χ0v) is 7.50. The van der Waals surface area contributed by atoms with Crippen molar-refractivity contribution in [3.8, 4) is 0 Å². The lowest BCUT2D eigenvalue weighted by molar-refractivity contribution is -0.125. The standard InChI is InChI=1S/C6H9N2O2Si/c1-7-4-6(9)8(2)5-11-10-3/h4H,5H2,2-3H3. The summed E-state index contributed by atoms with van der Waals surface area (Å²) < 4.78 is 4.78. The van der Waals surface area contributed by atoms with E-state index in [1.807, 2.05) is 0 Å². The molecule has 4 nitrogen and oxygen atoms in total. The lowest BCUT2D eigenvalue weighted by Crippen LogP contribution is -2.30. The van der Waals surface area contributed by atoms with Crippen LogP contribution in [0.1, 0.15) is 0 Å². The van der Waals surface area contributed by atoms with Gasteiger partial charge in [-0.3, -0.25) is 9.64 Å². The summed E-state index contributed by atoms with van der Waals surface area (Å²) in [6.45, 7) is 7.35. The maximum absolute atomic E-state index is 10.9. The third-order valence-electron chi connectivity index (χ3n) is 0.997. The molecule has 0 aliphatic carbocycles. The molecule has 1 amide bonds. The predicted molar refractivity (Wildman–Crippen MR) is 41.3 cm³/mol. The number of carbonyl (C=O) groups is 1. The molecule has 0 saturated carbocycles. The number of hydrogen-bond acceptors (Lipinski definition) is 2. The van der Waals surface area contributed by atoms with E-state index in [4.69, 9.17) is 11.0 Å². The van der Waals surface area contributed by atoms with Gasteiger partial charge in [-0.25, -0.2) is 6.57 Å². The number of rotatable bonds is 4. The summed E-state index contributed by atoms with van der Waals surface area (Å²) in [7, 11) is 3.49. The quantitative estimate of drug-likeness (QED) is 0.429. The molecular weight excluding hydrogens is 160 g/mol. The Morgan fingerprint density at radius 3 is 3.00 bits per heavy atom. The van der Waals surface area contributed by atoms with Gasteiger partial charge in [-0.1, -0.05) is 0 Å². The highest BCUT2D eigenvalue weighted by Crippen LogP contribution is 1.88. The molecule has 11 heavy (non-hydrogen) atoms. The number of carbonyl (C=O) groups excluding carboxylic acids is 1. The highest BCUT2D eigenvalue weighted by molar-refractivity contribution is 6.27. The van der Waals surface area contributed by atoms with Gasteiger partial charge in [-0.2, -0.15) is 0 Å². The summed E-state index contributed by atoms with van der Waals surface area (Å²) in [6.07, 6.45) is 0.543. The highest BCUT2D eigenvalue weighted by Gasteiger charge is 2.12. The van der Waals surface area contributed by atoms with Crippen LogP contribution in [0.5, 0.6) is 0 Å². The summed E-state index contributed by atoms with van der Waals surface area (Å²) in [4.78, 5) is 15.2. The lowest BCUT2D eigenvalue weighted by atomic mass is 10.6. The van der Waals surface area contributed by atoms with Crippen molar-refractivity contribution >= 4 is 15.7 Å². The zero-order valence-electron chi connectivity index (χ0n) is 6.50. The van der Waals surface area contributed by atoms with Gasteiger partial charge in [0, 0.05) is 20.3 Å². The molecule has 59 valence electrons. The average molecular weight is 169 g/mol. The van der Waals surface area contributed by atoms with E-state index < -0.39 is 0 Å². The van der Waals surface area contributed by atoms with Crippen LogP contribution >= 0.6 is 0 Å². The largest absolute Gasteiger partial charge is 0.419 e. The van der Waals surface area contributed by atoms with Crippen LogP contribution in [-0.4, -0.2) is 40.9 Å². The van der Waals surface area contributed by atoms with E-state index in [0.717, 1.165) is 6.54 Å². The molecular formula is C6H9N2O2Si. The summed E-state index contributed by atoms with van der Waals surface area (Å²) >= 11 is 0. The molecule has 0 saturated heterocycles. The van der Waals surface area contributed by atoms with Gasteiger partial charge < -0.3 is 9.33 Å². The minimum absolute atomic E-state index is 0.274. The predicted octanol–water partition coefficient (Wildman–Crippen LogP) is -0.251. The molecule has 0 spiro atoms. The van der Waals surface area contributed by atoms with Crippen LogP contribution in [-0.2, 0) is 9.22 Å². The van der Waals surface area contributed by atoms with E-state index in [2.05, 4.69) is 4.85 Å². The monoisotopic (exact) mass is 169 g/mol. The van der Waals surface area contributed by atoms with Gasteiger partial charge >= 0.3 is 12.5 Å². The molecule has 0 aliphatic rings. The molecule has 0 bridgehead atoms. The van der Waals surface area contributed by atoms with Crippen LogP contribution in [0, 0.1) is 13.1 Å². The van der Waals surface area contributed by atoms with Crippen molar-refractivity contribution < 1.29 is 9.22 Å². The molecule has 5 heteroatoms. The Balaban J connectivity index is 3.57. The van der Waals surface area contributed by atoms with Crippen LogP contribution < -0.4 is 0 Å². The summed E-state index contributed by atoms with van der Waals surface area (Å²) in [5.74, 6) is -0.274. The van der Waals surface area contributed by atoms with Crippen LogP contribution in [0.4, 0.5) is 0 Å². The van der Waals surface area contributed by atoms with E-state index in [1.165, 1.54) is 4.90 Å². The molecule has 0 aromatic rings. The Morgan fingerprint density at radius 2 is 2.55 bits per heavy atom. The fourth-order valence-corrected chi connectivity index (χ4v) is 0.872. The molecule has 0 atom stereocenters. The minimum atomic E-state index is -0.274. The van der Waals surface area contributed by atoms with Gasteiger partial charge in [-0.15, -0.1) is 0 Å². The van der Waals surface area contributed by atoms with Gasteiger partial charge in [0.15, 0.2) is 0 Å². The first-order valence-electron chi connectivity index (χ1n) is 2.93. The summed E-state index contributed by atoms with van der Waals surface area (Å²) in [5, 5.41) is 0. The van der Waals surface area contributed by atoms with Gasteiger partial charge in [0.05, 0.1) is 0 Å². The fraction of sp³-hybridized carbons (Fsp3) is 0.500.